The van der Waals surface area contributed by atoms with Crippen LogP contribution in [0.25, 0.3) is 0 Å². The number of nitrogens with zero attached hydrogens (tertiary/aromatic N) is 2. The maximum Gasteiger partial charge on any atom is 0.264 e. The molecule has 7 heteroatoms. The molecule has 0 unspecified atom stereocenters. The van der Waals surface area contributed by atoms with E-state index in [0.29, 0.717) is 11.4 Å². The first kappa shape index (κ1) is 17.8. The Bertz CT molecular complexity index is 787. The van der Waals surface area contributed by atoms with Gasteiger partial charge in [0, 0.05) is 14.1 Å². The lowest BCUT2D eigenvalue weighted by Gasteiger charge is -2.25. The van der Waals surface area contributed by atoms with Gasteiger partial charge < -0.3 is 9.64 Å². The molecule has 0 heterocycles. The van der Waals surface area contributed by atoms with Crippen LogP contribution in [0.1, 0.15) is 0 Å². The highest BCUT2D eigenvalue weighted by molar-refractivity contribution is 7.92. The number of methoxy groups -OCH3 is 1. The van der Waals surface area contributed by atoms with Crippen molar-refractivity contribution in [2.45, 2.75) is 4.90 Å². The zero-order valence-electron chi connectivity index (χ0n) is 13.8. The van der Waals surface area contributed by atoms with Crippen LogP contribution in [0, 0.1) is 0 Å². The van der Waals surface area contributed by atoms with E-state index < -0.39 is 10.0 Å². The Morgan fingerprint density at radius 2 is 1.58 bits per heavy atom. The first-order chi connectivity index (χ1) is 11.4. The lowest BCUT2D eigenvalue weighted by molar-refractivity contribution is -0.127. The van der Waals surface area contributed by atoms with Crippen LogP contribution >= 0.6 is 0 Å². The molecule has 2 aromatic rings. The zero-order valence-corrected chi connectivity index (χ0v) is 14.7. The largest absolute Gasteiger partial charge is 0.497 e. The minimum atomic E-state index is -3.86. The molecule has 0 aliphatic heterocycles. The summed E-state index contributed by atoms with van der Waals surface area (Å²) in [4.78, 5) is 13.6. The minimum Gasteiger partial charge on any atom is -0.497 e. The number of ether oxygens (including phenoxy) is 1. The number of anilines is 1. The number of likely N-dealkylation sites (N-methyl/N-ethyl adjacent to an activating group) is 1. The Kier molecular flexibility index (Phi) is 5.46. The number of hydrogen-bond acceptors (Lipinski definition) is 4. The molecule has 0 saturated carbocycles. The highest BCUT2D eigenvalue weighted by Crippen LogP contribution is 2.25. The van der Waals surface area contributed by atoms with Crippen molar-refractivity contribution in [3.8, 4) is 5.75 Å². The number of hydrogen-bond donors (Lipinski definition) is 0. The second-order valence-corrected chi connectivity index (χ2v) is 7.17. The molecule has 2 aromatic carbocycles. The molecule has 0 aromatic heterocycles. The minimum absolute atomic E-state index is 0.132. The third-order valence-electron chi connectivity index (χ3n) is 3.47. The molecule has 0 atom stereocenters. The summed E-state index contributed by atoms with van der Waals surface area (Å²) >= 11 is 0. The van der Waals surface area contributed by atoms with Gasteiger partial charge in [0.05, 0.1) is 17.7 Å². The van der Waals surface area contributed by atoms with Gasteiger partial charge in [0.2, 0.25) is 5.91 Å². The van der Waals surface area contributed by atoms with Gasteiger partial charge in [-0.1, -0.05) is 18.2 Å². The van der Waals surface area contributed by atoms with Gasteiger partial charge in [-0.15, -0.1) is 0 Å². The molecule has 24 heavy (non-hydrogen) atoms. The Morgan fingerprint density at radius 3 is 2.08 bits per heavy atom. The van der Waals surface area contributed by atoms with E-state index in [4.69, 9.17) is 4.74 Å². The Hall–Kier alpha value is -2.54. The normalized spacial score (nSPS) is 11.0. The Balaban J connectivity index is 2.47. The van der Waals surface area contributed by atoms with Crippen LogP contribution in [-0.2, 0) is 14.8 Å². The fraction of sp³-hybridized carbons (Fsp3) is 0.235. The average Bonchev–Trinajstić information content (AvgIpc) is 2.60. The van der Waals surface area contributed by atoms with E-state index in [0.717, 1.165) is 4.31 Å². The molecule has 6 nitrogen and oxygen atoms in total. The van der Waals surface area contributed by atoms with Gasteiger partial charge in [-0.05, 0) is 36.4 Å². The van der Waals surface area contributed by atoms with E-state index in [1.165, 1.54) is 24.1 Å². The van der Waals surface area contributed by atoms with Crippen LogP contribution in [-0.4, -0.2) is 47.0 Å². The molecule has 128 valence electrons. The van der Waals surface area contributed by atoms with Crippen LogP contribution in [0.2, 0.25) is 0 Å². The second kappa shape index (κ2) is 7.35. The summed E-state index contributed by atoms with van der Waals surface area (Å²) in [5, 5.41) is 0. The fourth-order valence-corrected chi connectivity index (χ4v) is 3.48. The van der Waals surface area contributed by atoms with Gasteiger partial charge in [-0.2, -0.15) is 0 Å². The summed E-state index contributed by atoms with van der Waals surface area (Å²) in [7, 11) is 0.847. The molecule has 0 spiro atoms. The van der Waals surface area contributed by atoms with Gasteiger partial charge in [0.1, 0.15) is 12.3 Å². The molecule has 2 rings (SSSR count). The van der Waals surface area contributed by atoms with E-state index in [9.17, 15) is 13.2 Å². The Labute approximate surface area is 142 Å². The van der Waals surface area contributed by atoms with Gasteiger partial charge in [-0.3, -0.25) is 9.10 Å². The summed E-state index contributed by atoms with van der Waals surface area (Å²) in [5.41, 5.74) is 0.398. The van der Waals surface area contributed by atoms with E-state index in [-0.39, 0.29) is 17.3 Å². The summed E-state index contributed by atoms with van der Waals surface area (Å²) in [5.74, 6) is 0.292. The van der Waals surface area contributed by atoms with Crippen molar-refractivity contribution >= 4 is 21.6 Å². The maximum absolute atomic E-state index is 13.0. The summed E-state index contributed by atoms with van der Waals surface area (Å²) < 4.78 is 32.1. The second-order valence-electron chi connectivity index (χ2n) is 5.31. The highest BCUT2D eigenvalue weighted by Gasteiger charge is 2.27. The first-order valence-corrected chi connectivity index (χ1v) is 8.72. The van der Waals surface area contributed by atoms with Crippen LogP contribution in [0.5, 0.6) is 5.75 Å². The Morgan fingerprint density at radius 1 is 1.00 bits per heavy atom. The standard InChI is InChI=1S/C17H20N2O4S/c1-18(2)17(20)13-19(14-9-11-15(23-3)12-10-14)24(21,22)16-7-5-4-6-8-16/h4-12H,13H2,1-3H3. The molecule has 0 bridgehead atoms. The quantitative estimate of drug-likeness (QED) is 0.801. The van der Waals surface area contributed by atoms with Crippen LogP contribution in [0.15, 0.2) is 59.5 Å². The molecular formula is C17H20N2O4S. The van der Waals surface area contributed by atoms with Crippen molar-refractivity contribution in [2.24, 2.45) is 0 Å². The number of rotatable bonds is 6. The van der Waals surface area contributed by atoms with Crippen molar-refractivity contribution in [3.63, 3.8) is 0 Å². The summed E-state index contributed by atoms with van der Waals surface area (Å²) in [6.45, 7) is -0.281. The molecule has 0 fully saturated rings. The van der Waals surface area contributed by atoms with Gasteiger partial charge in [0.25, 0.3) is 10.0 Å². The number of amides is 1. The van der Waals surface area contributed by atoms with E-state index >= 15 is 0 Å². The molecule has 0 radical (unpaired) electrons. The number of carbonyl (C=O) groups is 1. The molecule has 0 N–H and O–H groups in total. The van der Waals surface area contributed by atoms with E-state index in [2.05, 4.69) is 0 Å². The predicted octanol–water partition coefficient (Wildman–Crippen LogP) is 1.98. The summed E-state index contributed by atoms with van der Waals surface area (Å²) in [6.07, 6.45) is 0. The highest BCUT2D eigenvalue weighted by atomic mass is 32.2. The lowest BCUT2D eigenvalue weighted by atomic mass is 10.3. The van der Waals surface area contributed by atoms with Crippen molar-refractivity contribution in [1.29, 1.82) is 0 Å². The SMILES string of the molecule is COc1ccc(N(CC(=O)N(C)C)S(=O)(=O)c2ccccc2)cc1. The lowest BCUT2D eigenvalue weighted by Crippen LogP contribution is -2.40. The fourth-order valence-electron chi connectivity index (χ4n) is 2.05. The zero-order chi connectivity index (χ0) is 17.7. The third kappa shape index (κ3) is 3.86. The van der Waals surface area contributed by atoms with Crippen molar-refractivity contribution in [2.75, 3.05) is 32.1 Å². The average molecular weight is 348 g/mol. The molecule has 1 amide bonds. The molecule has 0 saturated heterocycles. The van der Waals surface area contributed by atoms with Gasteiger partial charge in [0.15, 0.2) is 0 Å². The smallest absolute Gasteiger partial charge is 0.264 e. The van der Waals surface area contributed by atoms with Gasteiger partial charge in [-0.25, -0.2) is 8.42 Å². The van der Waals surface area contributed by atoms with Crippen molar-refractivity contribution < 1.29 is 17.9 Å². The van der Waals surface area contributed by atoms with Crippen LogP contribution < -0.4 is 9.04 Å². The first-order valence-electron chi connectivity index (χ1n) is 7.28. The van der Waals surface area contributed by atoms with Crippen molar-refractivity contribution in [3.05, 3.63) is 54.6 Å². The monoisotopic (exact) mass is 348 g/mol. The van der Waals surface area contributed by atoms with Crippen molar-refractivity contribution in [1.82, 2.24) is 4.90 Å². The molecule has 0 aliphatic carbocycles. The summed E-state index contributed by atoms with van der Waals surface area (Å²) in [6, 6.07) is 14.6. The van der Waals surface area contributed by atoms with E-state index in [1.807, 2.05) is 0 Å². The number of benzene rings is 2. The van der Waals surface area contributed by atoms with E-state index in [1.54, 1.807) is 56.6 Å². The predicted molar refractivity (Wildman–Crippen MR) is 92.7 cm³/mol. The van der Waals surface area contributed by atoms with Gasteiger partial charge >= 0.3 is 0 Å². The number of carbonyl (C=O) groups excluding carboxylic acids is 1. The number of sulfonamides is 1. The maximum atomic E-state index is 13.0. The topological polar surface area (TPSA) is 66.9 Å². The third-order valence-corrected chi connectivity index (χ3v) is 5.26. The molecule has 0 aliphatic rings. The van der Waals surface area contributed by atoms with Crippen LogP contribution in [0.3, 0.4) is 0 Å². The molecular weight excluding hydrogens is 328 g/mol. The van der Waals surface area contributed by atoms with Crippen LogP contribution in [0.4, 0.5) is 5.69 Å².